The molecule has 8 atom stereocenters. The molecule has 0 saturated heterocycles. The molecule has 0 heterocycles. The van der Waals surface area contributed by atoms with Crippen molar-refractivity contribution in [3.8, 4) is 0 Å². The van der Waals surface area contributed by atoms with E-state index in [4.69, 9.17) is 18.9 Å². The predicted molar refractivity (Wildman–Crippen MR) is 140 cm³/mol. The second kappa shape index (κ2) is 8.40. The minimum atomic E-state index is -0.939. The molecule has 5 aliphatic rings. The number of ether oxygens (including phenoxy) is 4. The van der Waals surface area contributed by atoms with Crippen molar-refractivity contribution in [1.29, 1.82) is 0 Å². The smallest absolute Gasteiger partial charge is 0.313 e. The van der Waals surface area contributed by atoms with Crippen LogP contribution in [-0.4, -0.2) is 50.6 Å². The molecule has 2 aromatic carbocycles. The van der Waals surface area contributed by atoms with Crippen LogP contribution in [0.5, 0.6) is 0 Å². The third-order valence-corrected chi connectivity index (χ3v) is 10.7. The van der Waals surface area contributed by atoms with E-state index in [1.165, 1.54) is 33.4 Å². The summed E-state index contributed by atoms with van der Waals surface area (Å²) in [7, 11) is 3.33. The number of esters is 2. The Balaban J connectivity index is 1.45. The van der Waals surface area contributed by atoms with Crippen LogP contribution in [0.2, 0.25) is 0 Å². The first-order chi connectivity index (χ1) is 18.5. The fourth-order valence-corrected chi connectivity index (χ4v) is 9.48. The third-order valence-electron chi connectivity index (χ3n) is 10.7. The Kier molecular flexibility index (Phi) is 5.38. The van der Waals surface area contributed by atoms with Crippen LogP contribution in [0, 0.1) is 23.7 Å². The summed E-state index contributed by atoms with van der Waals surface area (Å²) in [5.74, 6) is -1.86. The lowest BCUT2D eigenvalue weighted by Crippen LogP contribution is -2.98. The van der Waals surface area contributed by atoms with Crippen LogP contribution in [0.3, 0.4) is 0 Å². The van der Waals surface area contributed by atoms with Gasteiger partial charge < -0.3 is 18.9 Å². The Morgan fingerprint density at radius 3 is 1.50 bits per heavy atom. The van der Waals surface area contributed by atoms with Gasteiger partial charge in [-0.25, -0.2) is 0 Å². The Morgan fingerprint density at radius 1 is 0.711 bits per heavy atom. The van der Waals surface area contributed by atoms with E-state index in [2.05, 4.69) is 36.4 Å². The molecule has 0 aliphatic heterocycles. The molecule has 0 radical (unpaired) electrons. The minimum absolute atomic E-state index is 0.0422. The highest BCUT2D eigenvalue weighted by molar-refractivity contribution is 5.90. The molecule has 200 valence electrons. The second-order valence-corrected chi connectivity index (χ2v) is 11.6. The zero-order chi connectivity index (χ0) is 26.4. The first kappa shape index (κ1) is 24.3. The SMILES string of the molecule is CCOC(=O)[C@@H]1[C@H](C(=O)OCC)[C@]2(OC)[C@H]3[C@@H]4c5cc6ccc5CCc5ccc(cc5[C@@H]4[C@H]3[C@]12OC)CC6. The fraction of sp³-hybridized carbons (Fsp3) is 0.562. The van der Waals surface area contributed by atoms with Crippen molar-refractivity contribution in [3.63, 3.8) is 0 Å². The standard InChI is InChI=1S/C32H36O6/c1-5-37-29(33)27-28(30(34)38-6-2)32(36-4)26-24-22-16-18-8-7-17-9-11-19(13-14-20(22)12-10-18)21(15-17)23(24)25(26)31(27,32)35-3/h9-12,15-16,23-28H,5-8,13-14H2,1-4H3/t23-,24+,25+,26-,27-,28+,31-,32+. The van der Waals surface area contributed by atoms with Crippen LogP contribution in [0.4, 0.5) is 0 Å². The van der Waals surface area contributed by atoms with Crippen LogP contribution in [0.25, 0.3) is 0 Å². The van der Waals surface area contributed by atoms with Gasteiger partial charge in [0, 0.05) is 26.1 Å². The number of rotatable bonds is 6. The Labute approximate surface area is 224 Å². The van der Waals surface area contributed by atoms with Gasteiger partial charge >= 0.3 is 11.9 Å². The molecule has 2 aromatic rings. The summed E-state index contributed by atoms with van der Waals surface area (Å²) in [5, 5.41) is 0. The highest BCUT2D eigenvalue weighted by Crippen LogP contribution is 2.85. The molecular weight excluding hydrogens is 480 g/mol. The molecule has 0 N–H and O–H groups in total. The summed E-state index contributed by atoms with van der Waals surface area (Å²) < 4.78 is 23.9. The molecule has 7 rings (SSSR count). The van der Waals surface area contributed by atoms with E-state index in [-0.39, 0.29) is 36.9 Å². The highest BCUT2D eigenvalue weighted by atomic mass is 16.6. The van der Waals surface area contributed by atoms with Crippen LogP contribution >= 0.6 is 0 Å². The maximum atomic E-state index is 13.5. The van der Waals surface area contributed by atoms with Crippen molar-refractivity contribution < 1.29 is 28.5 Å². The molecule has 5 aliphatic carbocycles. The van der Waals surface area contributed by atoms with Crippen LogP contribution in [0.1, 0.15) is 59.1 Å². The van der Waals surface area contributed by atoms with Crippen molar-refractivity contribution in [1.82, 2.24) is 0 Å². The van der Waals surface area contributed by atoms with Crippen LogP contribution < -0.4 is 0 Å². The molecule has 0 spiro atoms. The number of carbonyl (C=O) groups excluding carboxylic acids is 2. The van der Waals surface area contributed by atoms with Crippen molar-refractivity contribution >= 4 is 11.9 Å². The van der Waals surface area contributed by atoms with Gasteiger partial charge in [0.15, 0.2) is 0 Å². The van der Waals surface area contributed by atoms with Crippen molar-refractivity contribution in [2.24, 2.45) is 23.7 Å². The normalized spacial score (nSPS) is 36.8. The Hall–Kier alpha value is -2.70. The first-order valence-corrected chi connectivity index (χ1v) is 14.1. The topological polar surface area (TPSA) is 71.1 Å². The predicted octanol–water partition coefficient (Wildman–Crippen LogP) is 4.15. The second-order valence-electron chi connectivity index (χ2n) is 11.6. The van der Waals surface area contributed by atoms with E-state index in [0.717, 1.165) is 25.7 Å². The summed E-state index contributed by atoms with van der Waals surface area (Å²) in [5.41, 5.74) is 6.35. The van der Waals surface area contributed by atoms with Gasteiger partial charge in [0.05, 0.1) is 13.2 Å². The molecule has 3 fully saturated rings. The van der Waals surface area contributed by atoms with Gasteiger partial charge in [-0.2, -0.15) is 0 Å². The number of carbonyl (C=O) groups is 2. The number of hydrogen-bond donors (Lipinski definition) is 0. The monoisotopic (exact) mass is 516 g/mol. The lowest BCUT2D eigenvalue weighted by atomic mass is 9.21. The van der Waals surface area contributed by atoms with E-state index in [1.54, 1.807) is 28.1 Å². The number of fused-ring (bicyclic) bond motifs is 6. The largest absolute Gasteiger partial charge is 0.466 e. The van der Waals surface area contributed by atoms with E-state index < -0.39 is 35.0 Å². The summed E-state index contributed by atoms with van der Waals surface area (Å²) >= 11 is 0. The molecule has 3 saturated carbocycles. The van der Waals surface area contributed by atoms with Gasteiger partial charge in [0.2, 0.25) is 0 Å². The van der Waals surface area contributed by atoms with Gasteiger partial charge in [-0.3, -0.25) is 9.59 Å². The molecule has 0 unspecified atom stereocenters. The molecule has 6 nitrogen and oxygen atoms in total. The Bertz CT molecular complexity index is 1230. The highest BCUT2D eigenvalue weighted by Gasteiger charge is 2.96. The quantitative estimate of drug-likeness (QED) is 0.537. The lowest BCUT2D eigenvalue weighted by molar-refractivity contribution is -0.457. The first-order valence-electron chi connectivity index (χ1n) is 14.1. The van der Waals surface area contributed by atoms with E-state index >= 15 is 0 Å². The molecule has 0 aromatic heterocycles. The number of aryl methyl sites for hydroxylation is 4. The van der Waals surface area contributed by atoms with Crippen LogP contribution in [0.15, 0.2) is 36.4 Å². The molecular formula is C32H36O6. The van der Waals surface area contributed by atoms with E-state index in [9.17, 15) is 9.59 Å². The van der Waals surface area contributed by atoms with Gasteiger partial charge in [-0.1, -0.05) is 36.4 Å². The Morgan fingerprint density at radius 2 is 1.13 bits per heavy atom. The lowest BCUT2D eigenvalue weighted by Gasteiger charge is -2.86. The van der Waals surface area contributed by atoms with Gasteiger partial charge in [0.1, 0.15) is 23.0 Å². The van der Waals surface area contributed by atoms with Gasteiger partial charge in [-0.15, -0.1) is 0 Å². The molecule has 4 bridgehead atoms. The van der Waals surface area contributed by atoms with E-state index in [1.807, 2.05) is 0 Å². The van der Waals surface area contributed by atoms with Gasteiger partial charge in [-0.05, 0) is 84.7 Å². The van der Waals surface area contributed by atoms with Crippen molar-refractivity contribution in [3.05, 3.63) is 69.8 Å². The van der Waals surface area contributed by atoms with E-state index in [0.29, 0.717) is 0 Å². The molecule has 6 heteroatoms. The molecule has 0 amide bonds. The summed E-state index contributed by atoms with van der Waals surface area (Å²) in [6.45, 7) is 4.07. The number of methoxy groups -OCH3 is 2. The average molecular weight is 517 g/mol. The maximum absolute atomic E-state index is 13.5. The third kappa shape index (κ3) is 2.66. The van der Waals surface area contributed by atoms with Crippen molar-refractivity contribution in [2.45, 2.75) is 62.6 Å². The van der Waals surface area contributed by atoms with Gasteiger partial charge in [0.25, 0.3) is 0 Å². The fourth-order valence-electron chi connectivity index (χ4n) is 9.48. The summed E-state index contributed by atoms with van der Waals surface area (Å²) in [6.07, 6.45) is 3.99. The zero-order valence-corrected chi connectivity index (χ0v) is 22.6. The zero-order valence-electron chi connectivity index (χ0n) is 22.6. The number of benzene rings is 2. The summed E-state index contributed by atoms with van der Waals surface area (Å²) in [6, 6.07) is 14.0. The summed E-state index contributed by atoms with van der Waals surface area (Å²) in [4.78, 5) is 27.0. The number of hydrogen-bond acceptors (Lipinski definition) is 6. The van der Waals surface area contributed by atoms with Crippen molar-refractivity contribution in [2.75, 3.05) is 27.4 Å². The average Bonchev–Trinajstić information content (AvgIpc) is 2.88. The molecule has 38 heavy (non-hydrogen) atoms. The minimum Gasteiger partial charge on any atom is -0.466 e. The maximum Gasteiger partial charge on any atom is 0.313 e. The van der Waals surface area contributed by atoms with Crippen LogP contribution in [-0.2, 0) is 54.2 Å².